The van der Waals surface area contributed by atoms with Crippen LogP contribution >= 0.6 is 0 Å². The molecule has 0 bridgehead atoms. The molecule has 15 heteroatoms. The summed E-state index contributed by atoms with van der Waals surface area (Å²) in [5, 5.41) is 0. The summed E-state index contributed by atoms with van der Waals surface area (Å²) in [6, 6.07) is 2.40. The molecule has 0 radical (unpaired) electrons. The molecule has 0 aliphatic rings. The highest BCUT2D eigenvalue weighted by Crippen LogP contribution is 2.37. The van der Waals surface area contributed by atoms with E-state index in [9.17, 15) is 40.0 Å². The Kier molecular flexibility index (Phi) is 6.52. The van der Waals surface area contributed by atoms with Gasteiger partial charge in [0.15, 0.2) is 9.84 Å². The molecule has 0 N–H and O–H groups in total. The monoisotopic (exact) mass is 521 g/mol. The normalized spacial score (nSPS) is 12.8. The molecular formula is C20H20F5N5O4S. The fourth-order valence-corrected chi connectivity index (χ4v) is 4.32. The third-order valence-corrected chi connectivity index (χ3v) is 7.20. The number of halogens is 5. The Morgan fingerprint density at radius 3 is 2.26 bits per heavy atom. The van der Waals surface area contributed by atoms with Crippen LogP contribution in [0.1, 0.15) is 13.8 Å². The number of anilines is 1. The summed E-state index contributed by atoms with van der Waals surface area (Å²) in [4.78, 5) is 33.2. The highest BCUT2D eigenvalue weighted by Gasteiger charge is 2.58. The van der Waals surface area contributed by atoms with E-state index in [1.165, 1.54) is 51.2 Å². The first-order chi connectivity index (χ1) is 16.0. The van der Waals surface area contributed by atoms with Gasteiger partial charge >= 0.3 is 17.8 Å². The fraction of sp³-hybridized carbons (Fsp3) is 0.400. The van der Waals surface area contributed by atoms with Gasteiger partial charge in [0, 0.05) is 21.0 Å². The number of aromatic nitrogens is 4. The van der Waals surface area contributed by atoms with E-state index in [2.05, 4.69) is 9.97 Å². The number of hydrogen-bond donors (Lipinski definition) is 0. The number of fused-ring (bicyclic) bond motifs is 1. The largest absolute Gasteiger partial charge is 0.455 e. The molecular weight excluding hydrogens is 501 g/mol. The number of rotatable bonds is 6. The van der Waals surface area contributed by atoms with Gasteiger partial charge in [0.05, 0.1) is 45.5 Å². The van der Waals surface area contributed by atoms with E-state index in [1.54, 1.807) is 0 Å². The average Bonchev–Trinajstić information content (AvgIpc) is 3.01. The summed E-state index contributed by atoms with van der Waals surface area (Å²) in [6.45, 7) is 0.708. The van der Waals surface area contributed by atoms with Crippen molar-refractivity contribution in [3.05, 3.63) is 35.0 Å². The summed E-state index contributed by atoms with van der Waals surface area (Å²) in [5.74, 6) is -5.88. The van der Waals surface area contributed by atoms with Gasteiger partial charge < -0.3 is 4.90 Å². The van der Waals surface area contributed by atoms with Crippen molar-refractivity contribution >= 4 is 32.5 Å². The van der Waals surface area contributed by atoms with Crippen molar-refractivity contribution in [3.8, 4) is 11.4 Å². The van der Waals surface area contributed by atoms with E-state index in [0.717, 1.165) is 10.8 Å². The number of sulfone groups is 1. The van der Waals surface area contributed by atoms with Gasteiger partial charge in [-0.1, -0.05) is 6.92 Å². The number of carbonyl (C=O) groups is 1. The summed E-state index contributed by atoms with van der Waals surface area (Å²) < 4.78 is 92.0. The first kappa shape index (κ1) is 26.2. The standard InChI is InChI=1S/C20H20F5N5O4S/c1-5-35(33,34)16-6-12(28(3)11(2)31)8-27-17(16)13-7-14-15(9-26-13)30(18(32)29(14)4)10-19(21,22)20(23,24)25/h6-9H,5,10H2,1-4H3. The third kappa shape index (κ3) is 4.63. The topological polar surface area (TPSA) is 107 Å². The molecule has 0 spiro atoms. The predicted molar refractivity (Wildman–Crippen MR) is 116 cm³/mol. The fourth-order valence-electron chi connectivity index (χ4n) is 3.26. The van der Waals surface area contributed by atoms with Gasteiger partial charge in [0.2, 0.25) is 5.91 Å². The van der Waals surface area contributed by atoms with Crippen LogP contribution in [0.5, 0.6) is 0 Å². The maximum atomic E-state index is 13.6. The molecule has 0 aliphatic carbocycles. The Labute approximate surface area is 195 Å². The van der Waals surface area contributed by atoms with Gasteiger partial charge in [-0.3, -0.25) is 23.9 Å². The van der Waals surface area contributed by atoms with Gasteiger partial charge in [-0.05, 0) is 12.1 Å². The van der Waals surface area contributed by atoms with Crippen molar-refractivity contribution in [2.75, 3.05) is 17.7 Å². The maximum Gasteiger partial charge on any atom is 0.455 e. The lowest BCUT2D eigenvalue weighted by Gasteiger charge is -2.19. The Balaban J connectivity index is 2.23. The lowest BCUT2D eigenvalue weighted by molar-refractivity contribution is -0.286. The molecule has 0 fully saturated rings. The quantitative estimate of drug-likeness (QED) is 0.462. The van der Waals surface area contributed by atoms with Gasteiger partial charge in [0.1, 0.15) is 12.2 Å². The molecule has 3 heterocycles. The Morgan fingerprint density at radius 2 is 1.71 bits per heavy atom. The van der Waals surface area contributed by atoms with Gasteiger partial charge in [-0.2, -0.15) is 22.0 Å². The summed E-state index contributed by atoms with van der Waals surface area (Å²) in [7, 11) is -1.32. The van der Waals surface area contributed by atoms with Crippen LogP contribution in [0.3, 0.4) is 0 Å². The van der Waals surface area contributed by atoms with E-state index in [0.29, 0.717) is 0 Å². The van der Waals surface area contributed by atoms with Crippen molar-refractivity contribution in [2.45, 2.75) is 37.4 Å². The smallest absolute Gasteiger partial charge is 0.314 e. The summed E-state index contributed by atoms with van der Waals surface area (Å²) >= 11 is 0. The van der Waals surface area contributed by atoms with Gasteiger partial charge in [0.25, 0.3) is 0 Å². The molecule has 35 heavy (non-hydrogen) atoms. The second-order valence-corrected chi connectivity index (χ2v) is 9.96. The lowest BCUT2D eigenvalue weighted by atomic mass is 10.2. The van der Waals surface area contributed by atoms with Crippen molar-refractivity contribution < 1.29 is 35.2 Å². The number of carbonyl (C=O) groups excluding carboxylic acids is 1. The molecule has 3 aromatic heterocycles. The first-order valence-corrected chi connectivity index (χ1v) is 11.6. The lowest BCUT2D eigenvalue weighted by Crippen LogP contribution is -2.42. The second kappa shape index (κ2) is 8.70. The Bertz CT molecular complexity index is 1480. The van der Waals surface area contributed by atoms with E-state index < -0.39 is 34.2 Å². The van der Waals surface area contributed by atoms with E-state index in [4.69, 9.17) is 0 Å². The molecule has 0 unspecified atom stereocenters. The number of aryl methyl sites for hydroxylation is 1. The van der Waals surface area contributed by atoms with Gasteiger partial charge in [-0.25, -0.2) is 13.2 Å². The molecule has 0 saturated carbocycles. The molecule has 190 valence electrons. The first-order valence-electron chi connectivity index (χ1n) is 9.99. The highest BCUT2D eigenvalue weighted by atomic mass is 32.2. The second-order valence-electron chi connectivity index (χ2n) is 7.71. The minimum atomic E-state index is -5.87. The highest BCUT2D eigenvalue weighted by molar-refractivity contribution is 7.91. The average molecular weight is 521 g/mol. The molecule has 1 amide bonds. The van der Waals surface area contributed by atoms with Crippen LogP contribution < -0.4 is 10.6 Å². The zero-order chi connectivity index (χ0) is 26.5. The van der Waals surface area contributed by atoms with Crippen LogP contribution in [-0.4, -0.2) is 58.3 Å². The summed E-state index contributed by atoms with van der Waals surface area (Å²) in [5.41, 5.74) is -1.55. The summed E-state index contributed by atoms with van der Waals surface area (Å²) in [6.07, 6.45) is -3.74. The Morgan fingerprint density at radius 1 is 1.09 bits per heavy atom. The molecule has 0 aromatic carbocycles. The van der Waals surface area contributed by atoms with E-state index in [-0.39, 0.29) is 49.2 Å². The number of hydrogen-bond acceptors (Lipinski definition) is 6. The van der Waals surface area contributed by atoms with Crippen LogP contribution in [0.25, 0.3) is 22.4 Å². The molecule has 0 saturated heterocycles. The molecule has 0 atom stereocenters. The number of nitrogens with zero attached hydrogens (tertiary/aromatic N) is 5. The maximum absolute atomic E-state index is 13.6. The predicted octanol–water partition coefficient (Wildman–Crippen LogP) is 2.77. The van der Waals surface area contributed by atoms with Crippen LogP contribution in [0.2, 0.25) is 0 Å². The van der Waals surface area contributed by atoms with Crippen molar-refractivity contribution in [2.24, 2.45) is 7.05 Å². The van der Waals surface area contributed by atoms with Crippen LogP contribution in [0.4, 0.5) is 27.6 Å². The SMILES string of the molecule is CCS(=O)(=O)c1cc(N(C)C(C)=O)cnc1-c1cc2c(cn1)n(CC(F)(F)C(F)(F)F)c(=O)n2C. The van der Waals surface area contributed by atoms with Gasteiger partial charge in [-0.15, -0.1) is 0 Å². The Hall–Kier alpha value is -3.36. The van der Waals surface area contributed by atoms with E-state index >= 15 is 0 Å². The van der Waals surface area contributed by atoms with Crippen LogP contribution in [0.15, 0.2) is 34.2 Å². The number of imidazole rings is 1. The molecule has 3 aromatic rings. The number of pyridine rings is 2. The third-order valence-electron chi connectivity index (χ3n) is 5.46. The minimum Gasteiger partial charge on any atom is -0.314 e. The van der Waals surface area contributed by atoms with Crippen molar-refractivity contribution in [1.82, 2.24) is 19.1 Å². The number of alkyl halides is 5. The number of amides is 1. The van der Waals surface area contributed by atoms with Crippen molar-refractivity contribution in [3.63, 3.8) is 0 Å². The van der Waals surface area contributed by atoms with Crippen molar-refractivity contribution in [1.29, 1.82) is 0 Å². The van der Waals surface area contributed by atoms with Crippen LogP contribution in [0, 0.1) is 0 Å². The molecule has 3 rings (SSSR count). The van der Waals surface area contributed by atoms with Crippen LogP contribution in [-0.2, 0) is 28.2 Å². The molecule has 0 aliphatic heterocycles. The zero-order valence-corrected chi connectivity index (χ0v) is 19.7. The minimum absolute atomic E-state index is 0.0652. The molecule has 9 nitrogen and oxygen atoms in total. The van der Waals surface area contributed by atoms with E-state index in [1.807, 2.05) is 0 Å². The zero-order valence-electron chi connectivity index (χ0n) is 18.9.